The SMILES string of the molecule is O=c1[nH]c2ncc(Cl)cc2cc1O. The summed E-state index contributed by atoms with van der Waals surface area (Å²) in [6, 6.07) is 2.94. The number of hydrogen-bond acceptors (Lipinski definition) is 3. The van der Waals surface area contributed by atoms with E-state index in [4.69, 9.17) is 16.7 Å². The predicted octanol–water partition coefficient (Wildman–Crippen LogP) is 1.28. The summed E-state index contributed by atoms with van der Waals surface area (Å²) >= 11 is 5.67. The van der Waals surface area contributed by atoms with E-state index in [0.29, 0.717) is 16.1 Å². The fraction of sp³-hybridized carbons (Fsp3) is 0. The molecule has 2 heterocycles. The molecule has 0 radical (unpaired) electrons. The number of halogens is 1. The van der Waals surface area contributed by atoms with Crippen molar-refractivity contribution < 1.29 is 5.11 Å². The van der Waals surface area contributed by atoms with Crippen molar-refractivity contribution in [2.45, 2.75) is 0 Å². The van der Waals surface area contributed by atoms with E-state index in [0.717, 1.165) is 0 Å². The molecule has 5 heteroatoms. The Kier molecular flexibility index (Phi) is 1.70. The molecule has 2 rings (SSSR count). The van der Waals surface area contributed by atoms with Gasteiger partial charge in [0.05, 0.1) is 5.02 Å². The van der Waals surface area contributed by atoms with Crippen molar-refractivity contribution in [3.63, 3.8) is 0 Å². The summed E-state index contributed by atoms with van der Waals surface area (Å²) < 4.78 is 0. The fourth-order valence-corrected chi connectivity index (χ4v) is 1.22. The van der Waals surface area contributed by atoms with Gasteiger partial charge in [0.2, 0.25) is 0 Å². The van der Waals surface area contributed by atoms with Crippen molar-refractivity contribution in [2.75, 3.05) is 0 Å². The fourth-order valence-electron chi connectivity index (χ4n) is 1.05. The molecular formula is C8H5ClN2O2. The number of rotatable bonds is 0. The lowest BCUT2D eigenvalue weighted by atomic mass is 10.3. The van der Waals surface area contributed by atoms with Gasteiger partial charge in [-0.15, -0.1) is 0 Å². The molecule has 0 bridgehead atoms. The summed E-state index contributed by atoms with van der Waals surface area (Å²) in [6.45, 7) is 0. The maximum absolute atomic E-state index is 10.9. The number of aromatic hydroxyl groups is 1. The predicted molar refractivity (Wildman–Crippen MR) is 49.0 cm³/mol. The zero-order chi connectivity index (χ0) is 9.42. The van der Waals surface area contributed by atoms with Crippen LogP contribution in [0.3, 0.4) is 0 Å². The maximum atomic E-state index is 10.9. The number of nitrogens with zero attached hydrogens (tertiary/aromatic N) is 1. The molecule has 13 heavy (non-hydrogen) atoms. The normalized spacial score (nSPS) is 10.5. The smallest absolute Gasteiger partial charge is 0.291 e. The van der Waals surface area contributed by atoms with Crippen molar-refractivity contribution in [3.05, 3.63) is 33.7 Å². The Morgan fingerprint density at radius 3 is 3.00 bits per heavy atom. The van der Waals surface area contributed by atoms with Crippen LogP contribution in [-0.2, 0) is 0 Å². The molecule has 2 aromatic heterocycles. The Morgan fingerprint density at radius 1 is 1.46 bits per heavy atom. The van der Waals surface area contributed by atoms with Crippen LogP contribution in [0.25, 0.3) is 11.0 Å². The van der Waals surface area contributed by atoms with Crippen LogP contribution in [0.1, 0.15) is 0 Å². The highest BCUT2D eigenvalue weighted by Crippen LogP contribution is 2.16. The summed E-state index contributed by atoms with van der Waals surface area (Å²) in [5.41, 5.74) is -0.144. The second kappa shape index (κ2) is 2.74. The van der Waals surface area contributed by atoms with E-state index in [1.165, 1.54) is 12.3 Å². The Labute approximate surface area is 77.8 Å². The average molecular weight is 197 g/mol. The molecule has 0 aromatic carbocycles. The number of hydrogen-bond donors (Lipinski definition) is 2. The Hall–Kier alpha value is -1.55. The number of aromatic nitrogens is 2. The van der Waals surface area contributed by atoms with Crippen molar-refractivity contribution >= 4 is 22.6 Å². The first-order valence-corrected chi connectivity index (χ1v) is 3.92. The summed E-state index contributed by atoms with van der Waals surface area (Å²) in [4.78, 5) is 17.2. The Balaban J connectivity index is 2.89. The van der Waals surface area contributed by atoms with E-state index < -0.39 is 5.56 Å². The first-order valence-electron chi connectivity index (χ1n) is 3.54. The molecule has 2 N–H and O–H groups in total. The highest BCUT2D eigenvalue weighted by molar-refractivity contribution is 6.31. The molecule has 0 aliphatic heterocycles. The minimum absolute atomic E-state index is 0.337. The quantitative estimate of drug-likeness (QED) is 0.667. The molecule has 0 unspecified atom stereocenters. The van der Waals surface area contributed by atoms with Gasteiger partial charge in [0.15, 0.2) is 5.75 Å². The van der Waals surface area contributed by atoms with E-state index in [1.807, 2.05) is 0 Å². The van der Waals surface area contributed by atoms with Crippen LogP contribution >= 0.6 is 11.6 Å². The van der Waals surface area contributed by atoms with Crippen LogP contribution in [0.5, 0.6) is 5.75 Å². The Morgan fingerprint density at radius 2 is 2.23 bits per heavy atom. The maximum Gasteiger partial charge on any atom is 0.291 e. The number of pyridine rings is 2. The first-order chi connectivity index (χ1) is 6.16. The Bertz CT molecular complexity index is 521. The van der Waals surface area contributed by atoms with Gasteiger partial charge in [-0.1, -0.05) is 11.6 Å². The van der Waals surface area contributed by atoms with Crippen molar-refractivity contribution in [1.82, 2.24) is 9.97 Å². The molecule has 0 amide bonds. The molecule has 0 atom stereocenters. The van der Waals surface area contributed by atoms with Crippen LogP contribution < -0.4 is 5.56 Å². The van der Waals surface area contributed by atoms with Gasteiger partial charge in [-0.05, 0) is 12.1 Å². The summed E-state index contributed by atoms with van der Waals surface area (Å²) in [5, 5.41) is 10.2. The topological polar surface area (TPSA) is 66.0 Å². The van der Waals surface area contributed by atoms with Gasteiger partial charge in [-0.2, -0.15) is 0 Å². The van der Waals surface area contributed by atoms with E-state index >= 15 is 0 Å². The third-order valence-electron chi connectivity index (χ3n) is 1.64. The first kappa shape index (κ1) is 8.07. The zero-order valence-corrected chi connectivity index (χ0v) is 7.17. The standard InChI is InChI=1S/C8H5ClN2O2/c9-5-1-4-2-6(12)8(13)11-7(4)10-3-5/h1-3,12H,(H,10,11,13). The highest BCUT2D eigenvalue weighted by atomic mass is 35.5. The molecule has 2 aromatic rings. The zero-order valence-electron chi connectivity index (χ0n) is 6.41. The second-order valence-electron chi connectivity index (χ2n) is 2.58. The van der Waals surface area contributed by atoms with Gasteiger partial charge in [0, 0.05) is 11.6 Å². The van der Waals surface area contributed by atoms with Crippen LogP contribution in [0.2, 0.25) is 5.02 Å². The van der Waals surface area contributed by atoms with Crippen LogP contribution in [0.4, 0.5) is 0 Å². The number of aromatic amines is 1. The largest absolute Gasteiger partial charge is 0.503 e. The molecular weight excluding hydrogens is 192 g/mol. The third-order valence-corrected chi connectivity index (χ3v) is 1.85. The van der Waals surface area contributed by atoms with Crippen molar-refractivity contribution in [3.8, 4) is 5.75 Å². The molecule has 0 fully saturated rings. The minimum atomic E-state index is -0.553. The summed E-state index contributed by atoms with van der Waals surface area (Å²) in [6.07, 6.45) is 1.43. The third kappa shape index (κ3) is 1.36. The monoisotopic (exact) mass is 196 g/mol. The van der Waals surface area contributed by atoms with Crippen LogP contribution in [-0.4, -0.2) is 15.1 Å². The lowest BCUT2D eigenvalue weighted by Gasteiger charge is -1.97. The number of H-pyrrole nitrogens is 1. The van der Waals surface area contributed by atoms with E-state index in [-0.39, 0.29) is 5.75 Å². The van der Waals surface area contributed by atoms with Gasteiger partial charge in [-0.3, -0.25) is 4.79 Å². The van der Waals surface area contributed by atoms with Gasteiger partial charge < -0.3 is 10.1 Å². The molecule has 4 nitrogen and oxygen atoms in total. The number of nitrogens with one attached hydrogen (secondary N) is 1. The van der Waals surface area contributed by atoms with Gasteiger partial charge in [-0.25, -0.2) is 4.98 Å². The lowest BCUT2D eigenvalue weighted by Crippen LogP contribution is -2.04. The van der Waals surface area contributed by atoms with E-state index in [2.05, 4.69) is 9.97 Å². The summed E-state index contributed by atoms with van der Waals surface area (Å²) in [7, 11) is 0. The van der Waals surface area contributed by atoms with Gasteiger partial charge in [0.1, 0.15) is 5.65 Å². The van der Waals surface area contributed by atoms with Crippen LogP contribution in [0, 0.1) is 0 Å². The van der Waals surface area contributed by atoms with Crippen molar-refractivity contribution in [2.24, 2.45) is 0 Å². The van der Waals surface area contributed by atoms with Crippen LogP contribution in [0.15, 0.2) is 23.1 Å². The molecule has 0 saturated carbocycles. The molecule has 66 valence electrons. The van der Waals surface area contributed by atoms with Gasteiger partial charge >= 0.3 is 0 Å². The molecule has 0 spiro atoms. The summed E-state index contributed by atoms with van der Waals surface area (Å²) in [5.74, 6) is -0.337. The molecule has 0 saturated heterocycles. The molecule has 0 aliphatic rings. The minimum Gasteiger partial charge on any atom is -0.503 e. The van der Waals surface area contributed by atoms with E-state index in [1.54, 1.807) is 6.07 Å². The highest BCUT2D eigenvalue weighted by Gasteiger charge is 2.01. The average Bonchev–Trinajstić information content (AvgIpc) is 2.08. The molecule has 0 aliphatic carbocycles. The second-order valence-corrected chi connectivity index (χ2v) is 3.01. The van der Waals surface area contributed by atoms with Crippen molar-refractivity contribution in [1.29, 1.82) is 0 Å². The number of fused-ring (bicyclic) bond motifs is 1. The van der Waals surface area contributed by atoms with Gasteiger partial charge in [0.25, 0.3) is 5.56 Å². The van der Waals surface area contributed by atoms with E-state index in [9.17, 15) is 4.79 Å². The lowest BCUT2D eigenvalue weighted by molar-refractivity contribution is 0.468.